The van der Waals surface area contributed by atoms with E-state index in [0.717, 1.165) is 6.07 Å². The number of hydrogen-bond donors (Lipinski definition) is 1. The fourth-order valence-electron chi connectivity index (χ4n) is 1.88. The Labute approximate surface area is 99.3 Å². The van der Waals surface area contributed by atoms with Gasteiger partial charge in [0.2, 0.25) is 0 Å². The normalized spacial score (nSPS) is 13.5. The molecule has 1 atom stereocenters. The molecule has 0 spiro atoms. The minimum atomic E-state index is -0.977. The molecule has 0 saturated heterocycles. The minimum absolute atomic E-state index is 0.146. The van der Waals surface area contributed by atoms with Gasteiger partial charge in [0, 0.05) is 6.07 Å². The van der Waals surface area contributed by atoms with Gasteiger partial charge in [0.05, 0.1) is 6.42 Å². The molecule has 17 heavy (non-hydrogen) atoms. The number of hydrogen-bond acceptors (Lipinski definition) is 1. The lowest BCUT2D eigenvalue weighted by molar-refractivity contribution is -0.138. The Bertz CT molecular complexity index is 402. The standard InChI is InChI=1S/C13H16F2O2/c1-13(2,3)11(7-12(16)17)8-4-9(14)6-10(15)5-8/h4-6,11H,7H2,1-3H3,(H,16,17). The fraction of sp³-hybridized carbons (Fsp3) is 0.462. The molecule has 1 N–H and O–H groups in total. The number of rotatable bonds is 3. The molecule has 0 bridgehead atoms. The lowest BCUT2D eigenvalue weighted by atomic mass is 9.74. The van der Waals surface area contributed by atoms with Gasteiger partial charge in [-0.3, -0.25) is 4.79 Å². The van der Waals surface area contributed by atoms with Crippen molar-refractivity contribution in [3.63, 3.8) is 0 Å². The summed E-state index contributed by atoms with van der Waals surface area (Å²) in [6.07, 6.45) is -0.146. The molecule has 0 aromatic heterocycles. The zero-order valence-electron chi connectivity index (χ0n) is 10.1. The molecule has 0 aliphatic carbocycles. The quantitative estimate of drug-likeness (QED) is 0.879. The van der Waals surface area contributed by atoms with Gasteiger partial charge >= 0.3 is 5.97 Å². The summed E-state index contributed by atoms with van der Waals surface area (Å²) in [4.78, 5) is 10.8. The van der Waals surface area contributed by atoms with Gasteiger partial charge in [0.25, 0.3) is 0 Å². The van der Waals surface area contributed by atoms with Crippen LogP contribution in [0.5, 0.6) is 0 Å². The zero-order chi connectivity index (χ0) is 13.2. The van der Waals surface area contributed by atoms with Crippen molar-refractivity contribution in [2.24, 2.45) is 5.41 Å². The van der Waals surface area contributed by atoms with Gasteiger partial charge in [-0.2, -0.15) is 0 Å². The van der Waals surface area contributed by atoms with Crippen molar-refractivity contribution in [2.75, 3.05) is 0 Å². The molecule has 1 rings (SSSR count). The van der Waals surface area contributed by atoms with Crippen LogP contribution in [0, 0.1) is 17.0 Å². The predicted molar refractivity (Wildman–Crippen MR) is 60.8 cm³/mol. The Morgan fingerprint density at radius 2 is 1.71 bits per heavy atom. The Kier molecular flexibility index (Phi) is 3.86. The maximum Gasteiger partial charge on any atom is 0.303 e. The summed E-state index contributed by atoms with van der Waals surface area (Å²) in [6, 6.07) is 3.17. The van der Waals surface area contributed by atoms with E-state index in [1.165, 1.54) is 12.1 Å². The molecule has 0 amide bonds. The van der Waals surface area contributed by atoms with Crippen molar-refractivity contribution in [1.82, 2.24) is 0 Å². The van der Waals surface area contributed by atoms with Crippen molar-refractivity contribution in [2.45, 2.75) is 33.1 Å². The SMILES string of the molecule is CC(C)(C)C(CC(=O)O)c1cc(F)cc(F)c1. The second kappa shape index (κ2) is 4.82. The van der Waals surface area contributed by atoms with E-state index in [4.69, 9.17) is 5.11 Å². The van der Waals surface area contributed by atoms with Gasteiger partial charge in [-0.1, -0.05) is 20.8 Å². The summed E-state index contributed by atoms with van der Waals surface area (Å²) in [5, 5.41) is 8.86. The highest BCUT2D eigenvalue weighted by Gasteiger charge is 2.29. The molecule has 0 aliphatic heterocycles. The molecule has 94 valence electrons. The van der Waals surface area contributed by atoms with Crippen LogP contribution in [0.2, 0.25) is 0 Å². The first-order valence-electron chi connectivity index (χ1n) is 5.38. The molecule has 0 aliphatic rings. The van der Waals surface area contributed by atoms with Gasteiger partial charge in [-0.05, 0) is 29.0 Å². The third-order valence-electron chi connectivity index (χ3n) is 2.71. The monoisotopic (exact) mass is 242 g/mol. The largest absolute Gasteiger partial charge is 0.481 e. The molecule has 0 fully saturated rings. The first kappa shape index (κ1) is 13.6. The number of carboxylic acids is 1. The molecule has 2 nitrogen and oxygen atoms in total. The van der Waals surface area contributed by atoms with Crippen molar-refractivity contribution in [1.29, 1.82) is 0 Å². The van der Waals surface area contributed by atoms with Crippen LogP contribution >= 0.6 is 0 Å². The van der Waals surface area contributed by atoms with Crippen molar-refractivity contribution in [3.05, 3.63) is 35.4 Å². The Morgan fingerprint density at radius 1 is 1.24 bits per heavy atom. The van der Waals surface area contributed by atoms with E-state index in [-0.39, 0.29) is 11.8 Å². The molecule has 1 unspecified atom stereocenters. The topological polar surface area (TPSA) is 37.3 Å². The zero-order valence-corrected chi connectivity index (χ0v) is 10.1. The molecular weight excluding hydrogens is 226 g/mol. The van der Waals surface area contributed by atoms with Crippen LogP contribution in [-0.2, 0) is 4.79 Å². The second-order valence-corrected chi connectivity index (χ2v) is 5.22. The van der Waals surface area contributed by atoms with Gasteiger partial charge in [-0.15, -0.1) is 0 Å². The van der Waals surface area contributed by atoms with Gasteiger partial charge in [0.15, 0.2) is 0 Å². The molecule has 1 aromatic rings. The molecular formula is C13H16F2O2. The van der Waals surface area contributed by atoms with Crippen LogP contribution in [0.25, 0.3) is 0 Å². The van der Waals surface area contributed by atoms with E-state index in [1.807, 2.05) is 20.8 Å². The van der Waals surface area contributed by atoms with E-state index < -0.39 is 23.5 Å². The molecule has 0 radical (unpaired) electrons. The summed E-state index contributed by atoms with van der Waals surface area (Å²) in [6.45, 7) is 5.55. The Balaban J connectivity index is 3.17. The smallest absolute Gasteiger partial charge is 0.303 e. The molecule has 0 heterocycles. The summed E-state index contributed by atoms with van der Waals surface area (Å²) in [5.41, 5.74) is 0.0101. The van der Waals surface area contributed by atoms with Gasteiger partial charge < -0.3 is 5.11 Å². The summed E-state index contributed by atoms with van der Waals surface area (Å²) in [5.74, 6) is -2.76. The van der Waals surface area contributed by atoms with E-state index in [1.54, 1.807) is 0 Å². The average Bonchev–Trinajstić information content (AvgIpc) is 2.10. The third-order valence-corrected chi connectivity index (χ3v) is 2.71. The van der Waals surface area contributed by atoms with Crippen molar-refractivity contribution in [3.8, 4) is 0 Å². The highest BCUT2D eigenvalue weighted by Crippen LogP contribution is 2.38. The van der Waals surface area contributed by atoms with E-state index in [9.17, 15) is 13.6 Å². The van der Waals surface area contributed by atoms with Crippen LogP contribution in [0.4, 0.5) is 8.78 Å². The number of carboxylic acid groups (broad SMARTS) is 1. The van der Waals surface area contributed by atoms with E-state index >= 15 is 0 Å². The molecule has 4 heteroatoms. The highest BCUT2D eigenvalue weighted by molar-refractivity contribution is 5.68. The number of aliphatic carboxylic acids is 1. The Morgan fingerprint density at radius 3 is 2.06 bits per heavy atom. The lowest BCUT2D eigenvalue weighted by Gasteiger charge is -2.30. The third kappa shape index (κ3) is 3.80. The summed E-state index contributed by atoms with van der Waals surface area (Å²) >= 11 is 0. The molecule has 1 aromatic carbocycles. The molecule has 0 saturated carbocycles. The lowest BCUT2D eigenvalue weighted by Crippen LogP contribution is -2.21. The maximum atomic E-state index is 13.1. The van der Waals surface area contributed by atoms with Crippen LogP contribution in [-0.4, -0.2) is 11.1 Å². The first-order chi connectivity index (χ1) is 7.70. The van der Waals surface area contributed by atoms with Crippen LogP contribution in [0.1, 0.15) is 38.7 Å². The van der Waals surface area contributed by atoms with Crippen LogP contribution < -0.4 is 0 Å². The predicted octanol–water partition coefficient (Wildman–Crippen LogP) is 3.57. The average molecular weight is 242 g/mol. The summed E-state index contributed by atoms with van der Waals surface area (Å²) < 4.78 is 26.3. The highest BCUT2D eigenvalue weighted by atomic mass is 19.1. The minimum Gasteiger partial charge on any atom is -0.481 e. The van der Waals surface area contributed by atoms with Gasteiger partial charge in [0.1, 0.15) is 11.6 Å². The van der Waals surface area contributed by atoms with Gasteiger partial charge in [-0.25, -0.2) is 8.78 Å². The first-order valence-corrected chi connectivity index (χ1v) is 5.38. The van der Waals surface area contributed by atoms with E-state index in [2.05, 4.69) is 0 Å². The van der Waals surface area contributed by atoms with Crippen molar-refractivity contribution < 1.29 is 18.7 Å². The number of carbonyl (C=O) groups is 1. The maximum absolute atomic E-state index is 13.1. The fourth-order valence-corrected chi connectivity index (χ4v) is 1.88. The Hall–Kier alpha value is -1.45. The van der Waals surface area contributed by atoms with Crippen LogP contribution in [0.3, 0.4) is 0 Å². The van der Waals surface area contributed by atoms with Crippen molar-refractivity contribution >= 4 is 5.97 Å². The number of benzene rings is 1. The van der Waals surface area contributed by atoms with E-state index in [0.29, 0.717) is 5.56 Å². The number of halogens is 2. The summed E-state index contributed by atoms with van der Waals surface area (Å²) in [7, 11) is 0. The van der Waals surface area contributed by atoms with Crippen LogP contribution in [0.15, 0.2) is 18.2 Å². The second-order valence-electron chi connectivity index (χ2n) is 5.22.